The Balaban J connectivity index is 1.75. The van der Waals surface area contributed by atoms with E-state index in [1.54, 1.807) is 0 Å². The van der Waals surface area contributed by atoms with Crippen molar-refractivity contribution in [2.24, 2.45) is 5.73 Å². The number of alkyl carbamates (subject to hydrolysis) is 1. The van der Waals surface area contributed by atoms with Gasteiger partial charge in [-0.15, -0.1) is 0 Å². The van der Waals surface area contributed by atoms with Crippen LogP contribution >= 0.6 is 0 Å². The minimum atomic E-state index is -0.584. The second-order valence-corrected chi connectivity index (χ2v) is 4.85. The highest BCUT2D eigenvalue weighted by molar-refractivity contribution is 5.68. The lowest BCUT2D eigenvalue weighted by atomic mass is 9.76. The van der Waals surface area contributed by atoms with Gasteiger partial charge < -0.3 is 15.8 Å². The Morgan fingerprint density at radius 1 is 1.29 bits per heavy atom. The van der Waals surface area contributed by atoms with Crippen molar-refractivity contribution in [1.82, 2.24) is 5.32 Å². The summed E-state index contributed by atoms with van der Waals surface area (Å²) in [4.78, 5) is 11.4. The molecule has 1 aromatic carbocycles. The highest BCUT2D eigenvalue weighted by Crippen LogP contribution is 2.37. The van der Waals surface area contributed by atoms with E-state index in [1.807, 2.05) is 0 Å². The molecular formula is C15H16F2N2O2. The molecule has 0 unspecified atom stereocenters. The van der Waals surface area contributed by atoms with Crippen LogP contribution in [0.5, 0.6) is 0 Å². The first-order valence-corrected chi connectivity index (χ1v) is 6.63. The van der Waals surface area contributed by atoms with Gasteiger partial charge in [-0.05, 0) is 36.5 Å². The van der Waals surface area contributed by atoms with E-state index in [0.717, 1.165) is 6.07 Å². The molecule has 1 aliphatic rings. The number of carbonyl (C=O) groups excluding carboxylic acids is 1. The SMILES string of the molecule is NCC#CCOC(=O)NC1CC(c2cc(F)cc(F)c2)C1. The average molecular weight is 294 g/mol. The third-order valence-corrected chi connectivity index (χ3v) is 3.32. The number of ether oxygens (including phenoxy) is 1. The highest BCUT2D eigenvalue weighted by Gasteiger charge is 2.32. The van der Waals surface area contributed by atoms with Gasteiger partial charge in [-0.2, -0.15) is 0 Å². The molecule has 0 spiro atoms. The molecule has 0 atom stereocenters. The molecule has 0 heterocycles. The molecule has 0 aliphatic heterocycles. The van der Waals surface area contributed by atoms with Crippen LogP contribution in [0.4, 0.5) is 13.6 Å². The molecule has 4 nitrogen and oxygen atoms in total. The molecule has 6 heteroatoms. The van der Waals surface area contributed by atoms with E-state index in [-0.39, 0.29) is 25.1 Å². The maximum atomic E-state index is 13.1. The molecule has 1 aliphatic carbocycles. The van der Waals surface area contributed by atoms with Crippen molar-refractivity contribution < 1.29 is 18.3 Å². The smallest absolute Gasteiger partial charge is 0.408 e. The Morgan fingerprint density at radius 3 is 2.57 bits per heavy atom. The number of hydrogen-bond acceptors (Lipinski definition) is 3. The zero-order valence-corrected chi connectivity index (χ0v) is 11.4. The molecule has 1 amide bonds. The Labute approximate surface area is 121 Å². The molecule has 3 N–H and O–H groups in total. The van der Waals surface area contributed by atoms with Gasteiger partial charge in [-0.3, -0.25) is 0 Å². The number of carbonyl (C=O) groups is 1. The van der Waals surface area contributed by atoms with E-state index in [1.165, 1.54) is 12.1 Å². The number of amides is 1. The first-order valence-electron chi connectivity index (χ1n) is 6.63. The van der Waals surface area contributed by atoms with E-state index < -0.39 is 17.7 Å². The van der Waals surface area contributed by atoms with Crippen LogP contribution in [-0.2, 0) is 4.74 Å². The summed E-state index contributed by atoms with van der Waals surface area (Å²) in [6, 6.07) is 3.45. The summed E-state index contributed by atoms with van der Waals surface area (Å²) in [5.41, 5.74) is 5.78. The van der Waals surface area contributed by atoms with Crippen molar-refractivity contribution >= 4 is 6.09 Å². The lowest BCUT2D eigenvalue weighted by Gasteiger charge is -2.35. The first-order chi connectivity index (χ1) is 10.1. The molecule has 0 bridgehead atoms. The Bertz CT molecular complexity index is 555. The van der Waals surface area contributed by atoms with Gasteiger partial charge in [-0.25, -0.2) is 13.6 Å². The Morgan fingerprint density at radius 2 is 1.95 bits per heavy atom. The van der Waals surface area contributed by atoms with Crippen LogP contribution in [-0.4, -0.2) is 25.3 Å². The number of hydrogen-bond donors (Lipinski definition) is 2. The van der Waals surface area contributed by atoms with Crippen molar-refractivity contribution in [3.05, 3.63) is 35.4 Å². The molecule has 112 valence electrons. The van der Waals surface area contributed by atoms with Crippen LogP contribution in [0.3, 0.4) is 0 Å². The number of nitrogens with two attached hydrogens (primary N) is 1. The van der Waals surface area contributed by atoms with E-state index in [4.69, 9.17) is 10.5 Å². The monoisotopic (exact) mass is 294 g/mol. The summed E-state index contributed by atoms with van der Waals surface area (Å²) in [6.07, 6.45) is 0.717. The van der Waals surface area contributed by atoms with E-state index in [9.17, 15) is 13.6 Å². The first kappa shape index (κ1) is 15.3. The van der Waals surface area contributed by atoms with Crippen LogP contribution in [0, 0.1) is 23.5 Å². The van der Waals surface area contributed by atoms with Gasteiger partial charge in [0.15, 0.2) is 6.61 Å². The third-order valence-electron chi connectivity index (χ3n) is 3.32. The van der Waals surface area contributed by atoms with Crippen LogP contribution in [0.2, 0.25) is 0 Å². The van der Waals surface area contributed by atoms with Crippen molar-refractivity contribution in [3.63, 3.8) is 0 Å². The largest absolute Gasteiger partial charge is 0.436 e. The van der Waals surface area contributed by atoms with E-state index in [2.05, 4.69) is 17.2 Å². The normalized spacial score (nSPS) is 20.0. The van der Waals surface area contributed by atoms with Crippen molar-refractivity contribution in [1.29, 1.82) is 0 Å². The summed E-state index contributed by atoms with van der Waals surface area (Å²) in [6.45, 7) is 0.216. The fourth-order valence-corrected chi connectivity index (χ4v) is 2.25. The predicted molar refractivity (Wildman–Crippen MR) is 73.4 cm³/mol. The average Bonchev–Trinajstić information content (AvgIpc) is 2.37. The van der Waals surface area contributed by atoms with Gasteiger partial charge >= 0.3 is 6.09 Å². The number of benzene rings is 1. The lowest BCUT2D eigenvalue weighted by Crippen LogP contribution is -2.43. The van der Waals surface area contributed by atoms with Gasteiger partial charge in [-0.1, -0.05) is 11.8 Å². The van der Waals surface area contributed by atoms with Crippen molar-refractivity contribution in [3.8, 4) is 11.8 Å². The van der Waals surface area contributed by atoms with Gasteiger partial charge in [0.05, 0.1) is 6.54 Å². The summed E-state index contributed by atoms with van der Waals surface area (Å²) >= 11 is 0. The number of nitrogens with one attached hydrogen (secondary N) is 1. The van der Waals surface area contributed by atoms with Crippen LogP contribution in [0.25, 0.3) is 0 Å². The fourth-order valence-electron chi connectivity index (χ4n) is 2.25. The quantitative estimate of drug-likeness (QED) is 0.837. The van der Waals surface area contributed by atoms with E-state index >= 15 is 0 Å². The van der Waals surface area contributed by atoms with Crippen molar-refractivity contribution in [2.45, 2.75) is 24.8 Å². The second kappa shape index (κ2) is 7.04. The molecule has 21 heavy (non-hydrogen) atoms. The topological polar surface area (TPSA) is 64.3 Å². The molecule has 1 saturated carbocycles. The summed E-state index contributed by atoms with van der Waals surface area (Å²) < 4.78 is 31.0. The van der Waals surface area contributed by atoms with Crippen LogP contribution in [0.1, 0.15) is 24.3 Å². The number of halogens is 2. The minimum absolute atomic E-state index is 0.00567. The van der Waals surface area contributed by atoms with Crippen LogP contribution < -0.4 is 11.1 Å². The fraction of sp³-hybridized carbons (Fsp3) is 0.400. The Kier molecular flexibility index (Phi) is 5.12. The van der Waals surface area contributed by atoms with Gasteiger partial charge in [0.2, 0.25) is 0 Å². The summed E-state index contributed by atoms with van der Waals surface area (Å²) in [5.74, 6) is 4.04. The molecule has 0 aromatic heterocycles. The molecular weight excluding hydrogens is 278 g/mol. The minimum Gasteiger partial charge on any atom is -0.436 e. The maximum absolute atomic E-state index is 13.1. The summed E-state index contributed by atoms with van der Waals surface area (Å²) in [5, 5.41) is 2.67. The van der Waals surface area contributed by atoms with Gasteiger partial charge in [0.25, 0.3) is 0 Å². The Hall–Kier alpha value is -2.13. The molecule has 1 fully saturated rings. The predicted octanol–water partition coefficient (Wildman–Crippen LogP) is 1.90. The van der Waals surface area contributed by atoms with Gasteiger partial charge in [0.1, 0.15) is 11.6 Å². The lowest BCUT2D eigenvalue weighted by molar-refractivity contribution is 0.146. The molecule has 1 aromatic rings. The molecule has 0 radical (unpaired) electrons. The molecule has 2 rings (SSSR count). The van der Waals surface area contributed by atoms with Crippen molar-refractivity contribution in [2.75, 3.05) is 13.2 Å². The third kappa shape index (κ3) is 4.43. The highest BCUT2D eigenvalue weighted by atomic mass is 19.1. The van der Waals surface area contributed by atoms with E-state index in [0.29, 0.717) is 18.4 Å². The van der Waals surface area contributed by atoms with Gasteiger partial charge in [0, 0.05) is 12.1 Å². The van der Waals surface area contributed by atoms with Crippen LogP contribution in [0.15, 0.2) is 18.2 Å². The second-order valence-electron chi connectivity index (χ2n) is 4.85. The molecule has 0 saturated heterocycles. The summed E-state index contributed by atoms with van der Waals surface area (Å²) in [7, 11) is 0. The standard InChI is InChI=1S/C15H16F2N2O2/c16-12-5-10(6-13(17)9-12)11-7-14(8-11)19-15(20)21-4-2-1-3-18/h5-6,9,11,14H,3-4,7-8,18H2,(H,19,20). The maximum Gasteiger partial charge on any atom is 0.408 e. The zero-order valence-electron chi connectivity index (χ0n) is 11.4. The zero-order chi connectivity index (χ0) is 15.2. The number of rotatable bonds is 3.